The summed E-state index contributed by atoms with van der Waals surface area (Å²) < 4.78 is 1.49. The Morgan fingerprint density at radius 2 is 2.50 bits per heavy atom. The average molecular weight is 221 g/mol. The third kappa shape index (κ3) is 3.28. The number of amides is 1. The van der Waals surface area contributed by atoms with Gasteiger partial charge in [-0.05, 0) is 6.92 Å². The predicted molar refractivity (Wildman–Crippen MR) is 59.1 cm³/mol. The lowest BCUT2D eigenvalue weighted by Gasteiger charge is -2.19. The molecule has 0 aliphatic rings. The van der Waals surface area contributed by atoms with Crippen molar-refractivity contribution in [2.75, 3.05) is 18.8 Å². The summed E-state index contributed by atoms with van der Waals surface area (Å²) in [6, 6.07) is 2.02. The minimum Gasteiger partial charge on any atom is -0.396 e. The highest BCUT2D eigenvalue weighted by molar-refractivity contribution is 5.75. The molecular formula is C10H15N5O. The summed E-state index contributed by atoms with van der Waals surface area (Å²) in [4.78, 5) is 13.4. The van der Waals surface area contributed by atoms with Gasteiger partial charge in [0.1, 0.15) is 6.54 Å². The van der Waals surface area contributed by atoms with Crippen LogP contribution in [0, 0.1) is 11.3 Å². The maximum absolute atomic E-state index is 11.8. The third-order valence-electron chi connectivity index (χ3n) is 2.18. The molecule has 0 aliphatic carbocycles. The molecule has 1 aromatic rings. The fourth-order valence-electron chi connectivity index (χ4n) is 1.35. The van der Waals surface area contributed by atoms with Crippen LogP contribution in [0.2, 0.25) is 0 Å². The summed E-state index contributed by atoms with van der Waals surface area (Å²) in [5.74, 6) is -0.0548. The van der Waals surface area contributed by atoms with Crippen LogP contribution in [0.5, 0.6) is 0 Å². The van der Waals surface area contributed by atoms with Gasteiger partial charge in [-0.15, -0.1) is 0 Å². The first-order valence-corrected chi connectivity index (χ1v) is 5.10. The second-order valence-corrected chi connectivity index (χ2v) is 3.35. The smallest absolute Gasteiger partial charge is 0.244 e. The van der Waals surface area contributed by atoms with Crippen molar-refractivity contribution in [2.45, 2.75) is 19.9 Å². The number of carbonyl (C=O) groups is 1. The normalized spacial score (nSPS) is 9.75. The number of aromatic nitrogens is 2. The van der Waals surface area contributed by atoms with Gasteiger partial charge in [-0.1, -0.05) is 0 Å². The Hall–Kier alpha value is -2.03. The molecule has 6 nitrogen and oxygen atoms in total. The summed E-state index contributed by atoms with van der Waals surface area (Å²) in [7, 11) is 0. The van der Waals surface area contributed by atoms with Crippen molar-refractivity contribution in [1.82, 2.24) is 14.7 Å². The molecular weight excluding hydrogens is 206 g/mol. The van der Waals surface area contributed by atoms with Crippen molar-refractivity contribution in [2.24, 2.45) is 0 Å². The first-order valence-electron chi connectivity index (χ1n) is 5.10. The van der Waals surface area contributed by atoms with Crippen LogP contribution in [-0.2, 0) is 11.3 Å². The van der Waals surface area contributed by atoms with Crippen molar-refractivity contribution in [1.29, 1.82) is 5.26 Å². The van der Waals surface area contributed by atoms with Gasteiger partial charge in [0.25, 0.3) is 0 Å². The Morgan fingerprint density at radius 3 is 3.00 bits per heavy atom. The fourth-order valence-corrected chi connectivity index (χ4v) is 1.35. The van der Waals surface area contributed by atoms with E-state index in [0.29, 0.717) is 25.2 Å². The Bertz CT molecular complexity index is 392. The highest BCUT2D eigenvalue weighted by Gasteiger charge is 2.11. The van der Waals surface area contributed by atoms with E-state index >= 15 is 0 Å². The summed E-state index contributed by atoms with van der Waals surface area (Å²) in [6.07, 6.45) is 3.45. The zero-order valence-corrected chi connectivity index (χ0v) is 9.26. The molecule has 0 bridgehead atoms. The van der Waals surface area contributed by atoms with Gasteiger partial charge in [-0.25, -0.2) is 0 Å². The second kappa shape index (κ2) is 5.75. The fraction of sp³-hybridized carbons (Fsp3) is 0.500. The van der Waals surface area contributed by atoms with Crippen LogP contribution >= 0.6 is 0 Å². The number of nitriles is 1. The molecule has 1 aromatic heterocycles. The van der Waals surface area contributed by atoms with Gasteiger partial charge in [0.05, 0.1) is 24.4 Å². The van der Waals surface area contributed by atoms with Crippen molar-refractivity contribution < 1.29 is 4.79 Å². The molecule has 0 saturated carbocycles. The van der Waals surface area contributed by atoms with Gasteiger partial charge in [-0.2, -0.15) is 10.4 Å². The molecule has 6 heteroatoms. The van der Waals surface area contributed by atoms with Crippen LogP contribution in [0.3, 0.4) is 0 Å². The van der Waals surface area contributed by atoms with Crippen molar-refractivity contribution in [3.8, 4) is 6.07 Å². The molecule has 16 heavy (non-hydrogen) atoms. The Balaban J connectivity index is 2.53. The van der Waals surface area contributed by atoms with Gasteiger partial charge >= 0.3 is 0 Å². The molecule has 0 atom stereocenters. The summed E-state index contributed by atoms with van der Waals surface area (Å²) in [6.45, 7) is 3.10. The zero-order valence-electron chi connectivity index (χ0n) is 9.26. The average Bonchev–Trinajstić information content (AvgIpc) is 2.65. The molecule has 0 aromatic carbocycles. The molecule has 2 N–H and O–H groups in total. The van der Waals surface area contributed by atoms with Crippen LogP contribution in [0.15, 0.2) is 12.4 Å². The minimum absolute atomic E-state index is 0.0548. The van der Waals surface area contributed by atoms with E-state index in [1.165, 1.54) is 10.9 Å². The number of hydrogen-bond acceptors (Lipinski definition) is 4. The molecule has 1 heterocycles. The summed E-state index contributed by atoms with van der Waals surface area (Å²) in [5.41, 5.74) is 6.03. The van der Waals surface area contributed by atoms with Gasteiger partial charge < -0.3 is 10.6 Å². The molecule has 0 unspecified atom stereocenters. The van der Waals surface area contributed by atoms with E-state index < -0.39 is 0 Å². The van der Waals surface area contributed by atoms with E-state index in [0.717, 1.165) is 0 Å². The molecule has 0 aliphatic heterocycles. The lowest BCUT2D eigenvalue weighted by molar-refractivity contribution is -0.131. The van der Waals surface area contributed by atoms with E-state index in [-0.39, 0.29) is 12.5 Å². The SMILES string of the molecule is CCN(CCC#N)C(=O)Cn1cc(N)cn1. The summed E-state index contributed by atoms with van der Waals surface area (Å²) in [5, 5.41) is 12.4. The van der Waals surface area contributed by atoms with Crippen molar-refractivity contribution in [3.63, 3.8) is 0 Å². The monoisotopic (exact) mass is 221 g/mol. The zero-order chi connectivity index (χ0) is 12.0. The minimum atomic E-state index is -0.0548. The van der Waals surface area contributed by atoms with Gasteiger partial charge in [0.2, 0.25) is 5.91 Å². The predicted octanol–water partition coefficient (Wildman–Crippen LogP) is 0.227. The van der Waals surface area contributed by atoms with Crippen molar-refractivity contribution in [3.05, 3.63) is 12.4 Å². The highest BCUT2D eigenvalue weighted by Crippen LogP contribution is 2.00. The highest BCUT2D eigenvalue weighted by atomic mass is 16.2. The number of nitrogen functional groups attached to an aromatic ring is 1. The number of carbonyl (C=O) groups excluding carboxylic acids is 1. The molecule has 86 valence electrons. The van der Waals surface area contributed by atoms with E-state index in [1.807, 2.05) is 13.0 Å². The summed E-state index contributed by atoms with van der Waals surface area (Å²) >= 11 is 0. The van der Waals surface area contributed by atoms with Crippen LogP contribution in [0.1, 0.15) is 13.3 Å². The second-order valence-electron chi connectivity index (χ2n) is 3.35. The Morgan fingerprint density at radius 1 is 1.75 bits per heavy atom. The number of likely N-dealkylation sites (N-methyl/N-ethyl adjacent to an activating group) is 1. The number of rotatable bonds is 5. The van der Waals surface area contributed by atoms with E-state index in [1.54, 1.807) is 11.1 Å². The number of anilines is 1. The molecule has 0 spiro atoms. The molecule has 0 fully saturated rings. The van der Waals surface area contributed by atoms with Gasteiger partial charge in [0.15, 0.2) is 0 Å². The first-order chi connectivity index (χ1) is 7.67. The van der Waals surface area contributed by atoms with Gasteiger partial charge in [0, 0.05) is 19.3 Å². The van der Waals surface area contributed by atoms with Crippen LogP contribution < -0.4 is 5.73 Å². The molecule has 1 rings (SSSR count). The number of nitrogens with zero attached hydrogens (tertiary/aromatic N) is 4. The van der Waals surface area contributed by atoms with Crippen LogP contribution in [0.25, 0.3) is 0 Å². The van der Waals surface area contributed by atoms with E-state index in [4.69, 9.17) is 11.0 Å². The number of nitrogens with two attached hydrogens (primary N) is 1. The molecule has 0 saturated heterocycles. The number of hydrogen-bond donors (Lipinski definition) is 1. The van der Waals surface area contributed by atoms with Crippen LogP contribution in [0.4, 0.5) is 5.69 Å². The quantitative estimate of drug-likeness (QED) is 0.770. The molecule has 0 radical (unpaired) electrons. The lowest BCUT2D eigenvalue weighted by Crippen LogP contribution is -2.34. The van der Waals surface area contributed by atoms with E-state index in [2.05, 4.69) is 5.10 Å². The Kier molecular flexibility index (Phi) is 4.33. The van der Waals surface area contributed by atoms with Crippen LogP contribution in [-0.4, -0.2) is 33.7 Å². The van der Waals surface area contributed by atoms with E-state index in [9.17, 15) is 4.79 Å². The Labute approximate surface area is 94.2 Å². The topological polar surface area (TPSA) is 87.9 Å². The largest absolute Gasteiger partial charge is 0.396 e. The molecule has 1 amide bonds. The third-order valence-corrected chi connectivity index (χ3v) is 2.18. The van der Waals surface area contributed by atoms with Gasteiger partial charge in [-0.3, -0.25) is 9.48 Å². The lowest BCUT2D eigenvalue weighted by atomic mass is 10.4. The maximum Gasteiger partial charge on any atom is 0.244 e. The van der Waals surface area contributed by atoms with Crippen molar-refractivity contribution >= 4 is 11.6 Å². The maximum atomic E-state index is 11.8. The first kappa shape index (κ1) is 12.0. The standard InChI is InChI=1S/C10H15N5O/c1-2-14(5-3-4-11)10(16)8-15-7-9(12)6-13-15/h6-7H,2-3,5,8,12H2,1H3.